The molecule has 1 aliphatic carbocycles. The van der Waals surface area contributed by atoms with Crippen LogP contribution >= 0.6 is 63.7 Å². The lowest BCUT2D eigenvalue weighted by molar-refractivity contribution is 0.0544. The van der Waals surface area contributed by atoms with E-state index in [1.165, 1.54) is 0 Å². The van der Waals surface area contributed by atoms with Crippen molar-refractivity contribution in [1.82, 2.24) is 0 Å². The minimum atomic E-state index is -0.587. The smallest absolute Gasteiger partial charge is 0.133 e. The maximum atomic E-state index is 8.96. The lowest BCUT2D eigenvalue weighted by Crippen LogP contribution is -2.34. The van der Waals surface area contributed by atoms with Gasteiger partial charge in [-0.25, -0.2) is 0 Å². The van der Waals surface area contributed by atoms with E-state index in [2.05, 4.69) is 63.7 Å². The van der Waals surface area contributed by atoms with Gasteiger partial charge in [0, 0.05) is 4.48 Å². The molecule has 4 nitrogen and oxygen atoms in total. The third-order valence-corrected chi connectivity index (χ3v) is 5.79. The number of benzene rings is 1. The standard InChI is InChI=1S/C16H16Br4O4/c17-12-7-10(1-2-14(12)23-5-3-21)11-8-13(18)15(24-6-4-22)16(19,20)9-11/h1-2,7-9,15,21-22H,3-6H2. The summed E-state index contributed by atoms with van der Waals surface area (Å²) in [6, 6.07) is 5.77. The number of halogens is 4. The normalized spacial score (nSPS) is 19.7. The molecule has 8 heteroatoms. The van der Waals surface area contributed by atoms with Gasteiger partial charge in [-0.15, -0.1) is 0 Å². The Bertz CT molecular complexity index is 643. The molecule has 0 heterocycles. The molecule has 24 heavy (non-hydrogen) atoms. The van der Waals surface area contributed by atoms with Crippen molar-refractivity contribution in [2.75, 3.05) is 26.4 Å². The molecule has 132 valence electrons. The van der Waals surface area contributed by atoms with Crippen molar-refractivity contribution in [3.05, 3.63) is 44.9 Å². The zero-order valence-corrected chi connectivity index (χ0v) is 18.9. The molecule has 2 N–H and O–H groups in total. The van der Waals surface area contributed by atoms with Gasteiger partial charge in [0.1, 0.15) is 21.7 Å². The second-order valence-electron chi connectivity index (χ2n) is 5.00. The number of aliphatic hydroxyl groups is 2. The first-order valence-electron chi connectivity index (χ1n) is 7.13. The first-order chi connectivity index (χ1) is 11.4. The molecule has 1 unspecified atom stereocenters. The van der Waals surface area contributed by atoms with Crippen molar-refractivity contribution >= 4 is 69.3 Å². The molecule has 1 atom stereocenters. The monoisotopic (exact) mass is 588 g/mol. The van der Waals surface area contributed by atoms with Crippen molar-refractivity contribution < 1.29 is 19.7 Å². The fraction of sp³-hybridized carbons (Fsp3) is 0.375. The molecule has 1 aromatic carbocycles. The highest BCUT2D eigenvalue weighted by Crippen LogP contribution is 2.45. The predicted octanol–water partition coefficient (Wildman–Crippen LogP) is 4.36. The second kappa shape index (κ2) is 9.30. The quantitative estimate of drug-likeness (QED) is 0.463. The Morgan fingerprint density at radius 1 is 1.08 bits per heavy atom. The Morgan fingerprint density at radius 2 is 1.79 bits per heavy atom. The molecule has 0 saturated carbocycles. The highest BCUT2D eigenvalue weighted by molar-refractivity contribution is 9.25. The minimum absolute atomic E-state index is 0.0278. The first kappa shape index (κ1) is 20.6. The van der Waals surface area contributed by atoms with Crippen molar-refractivity contribution in [3.63, 3.8) is 0 Å². The van der Waals surface area contributed by atoms with Crippen molar-refractivity contribution in [3.8, 4) is 5.75 Å². The third kappa shape index (κ3) is 5.16. The molecule has 0 radical (unpaired) electrons. The SMILES string of the molecule is OCCOc1ccc(C2=CC(Br)(Br)C(OCCO)C(Br)=C2)cc1Br. The highest BCUT2D eigenvalue weighted by Gasteiger charge is 2.38. The van der Waals surface area contributed by atoms with Crippen LogP contribution in [0.2, 0.25) is 0 Å². The van der Waals surface area contributed by atoms with Gasteiger partial charge in [0.05, 0.1) is 24.3 Å². The number of aliphatic hydroxyl groups excluding tert-OH is 2. The van der Waals surface area contributed by atoms with E-state index in [1.54, 1.807) is 0 Å². The van der Waals surface area contributed by atoms with E-state index >= 15 is 0 Å². The van der Waals surface area contributed by atoms with Gasteiger partial charge in [0.2, 0.25) is 0 Å². The lowest BCUT2D eigenvalue weighted by Gasteiger charge is -2.32. The second-order valence-corrected chi connectivity index (χ2v) is 10.5. The predicted molar refractivity (Wildman–Crippen MR) is 109 cm³/mol. The lowest BCUT2D eigenvalue weighted by atomic mass is 9.98. The summed E-state index contributed by atoms with van der Waals surface area (Å²) in [6.45, 7) is 0.436. The fourth-order valence-electron chi connectivity index (χ4n) is 2.21. The minimum Gasteiger partial charge on any atom is -0.490 e. The maximum Gasteiger partial charge on any atom is 0.133 e. The number of ether oxygens (including phenoxy) is 2. The van der Waals surface area contributed by atoms with Crippen molar-refractivity contribution in [2.24, 2.45) is 0 Å². The molecule has 2 rings (SSSR count). The highest BCUT2D eigenvalue weighted by atomic mass is 79.9. The Kier molecular flexibility index (Phi) is 7.99. The van der Waals surface area contributed by atoms with Gasteiger partial charge >= 0.3 is 0 Å². The molecule has 0 spiro atoms. The molecule has 1 aliphatic rings. The van der Waals surface area contributed by atoms with Crippen LogP contribution in [0, 0.1) is 0 Å². The van der Waals surface area contributed by atoms with Gasteiger partial charge in [-0.05, 0) is 51.4 Å². The van der Waals surface area contributed by atoms with E-state index in [1.807, 2.05) is 30.4 Å². The molecule has 0 bridgehead atoms. The van der Waals surface area contributed by atoms with Gasteiger partial charge in [0.25, 0.3) is 0 Å². The average Bonchev–Trinajstić information content (AvgIpc) is 2.52. The fourth-order valence-corrected chi connectivity index (χ4v) is 5.31. The van der Waals surface area contributed by atoms with Crippen molar-refractivity contribution in [1.29, 1.82) is 0 Å². The summed E-state index contributed by atoms with van der Waals surface area (Å²) >= 11 is 14.3. The van der Waals surface area contributed by atoms with Crippen LogP contribution in [0.15, 0.2) is 39.3 Å². The molecule has 0 amide bonds. The van der Waals surface area contributed by atoms with Crippen LogP contribution in [0.4, 0.5) is 0 Å². The van der Waals surface area contributed by atoms with Crippen LogP contribution in [-0.4, -0.2) is 46.0 Å². The number of alkyl halides is 2. The van der Waals surface area contributed by atoms with Gasteiger partial charge in [-0.3, -0.25) is 0 Å². The molecule has 0 aromatic heterocycles. The maximum absolute atomic E-state index is 8.96. The summed E-state index contributed by atoms with van der Waals surface area (Å²) < 4.78 is 12.2. The van der Waals surface area contributed by atoms with Crippen LogP contribution in [0.25, 0.3) is 5.57 Å². The summed E-state index contributed by atoms with van der Waals surface area (Å²) in [4.78, 5) is 0. The van der Waals surface area contributed by atoms with Crippen LogP contribution in [0.3, 0.4) is 0 Å². The molecule has 0 saturated heterocycles. The largest absolute Gasteiger partial charge is 0.490 e. The summed E-state index contributed by atoms with van der Waals surface area (Å²) in [5, 5.41) is 17.8. The Balaban J connectivity index is 2.26. The van der Waals surface area contributed by atoms with Crippen LogP contribution < -0.4 is 4.74 Å². The molecular formula is C16H16Br4O4. The average molecular weight is 592 g/mol. The van der Waals surface area contributed by atoms with Gasteiger partial charge in [-0.1, -0.05) is 53.9 Å². The summed E-state index contributed by atoms with van der Waals surface area (Å²) in [5.41, 5.74) is 1.99. The number of hydrogen-bond acceptors (Lipinski definition) is 4. The van der Waals surface area contributed by atoms with Gasteiger partial charge in [0.15, 0.2) is 0 Å². The summed E-state index contributed by atoms with van der Waals surface area (Å²) in [7, 11) is 0. The number of rotatable bonds is 7. The van der Waals surface area contributed by atoms with E-state index < -0.39 is 3.23 Å². The number of hydrogen-bond donors (Lipinski definition) is 2. The van der Waals surface area contributed by atoms with E-state index in [4.69, 9.17) is 19.7 Å². The topological polar surface area (TPSA) is 58.9 Å². The Morgan fingerprint density at radius 3 is 2.38 bits per heavy atom. The number of allylic oxidation sites excluding steroid dienone is 2. The van der Waals surface area contributed by atoms with E-state index in [0.717, 1.165) is 20.1 Å². The Labute approximate surface area is 174 Å². The zero-order chi connectivity index (χ0) is 17.7. The van der Waals surface area contributed by atoms with Crippen LogP contribution in [0.5, 0.6) is 5.75 Å². The van der Waals surface area contributed by atoms with Crippen LogP contribution in [0.1, 0.15) is 5.56 Å². The summed E-state index contributed by atoms with van der Waals surface area (Å²) in [5.74, 6) is 0.681. The van der Waals surface area contributed by atoms with E-state index in [9.17, 15) is 0 Å². The molecule has 0 fully saturated rings. The molecular weight excluding hydrogens is 576 g/mol. The van der Waals surface area contributed by atoms with E-state index in [-0.39, 0.29) is 32.5 Å². The Hall–Kier alpha value is 0.300. The van der Waals surface area contributed by atoms with Gasteiger partial charge < -0.3 is 19.7 Å². The third-order valence-electron chi connectivity index (χ3n) is 3.23. The molecule has 1 aromatic rings. The zero-order valence-electron chi connectivity index (χ0n) is 12.5. The summed E-state index contributed by atoms with van der Waals surface area (Å²) in [6.07, 6.45) is 3.71. The van der Waals surface area contributed by atoms with E-state index in [0.29, 0.717) is 5.75 Å². The van der Waals surface area contributed by atoms with Crippen molar-refractivity contribution in [2.45, 2.75) is 9.34 Å². The van der Waals surface area contributed by atoms with Gasteiger partial charge in [-0.2, -0.15) is 0 Å². The molecule has 0 aliphatic heterocycles. The first-order valence-corrected chi connectivity index (χ1v) is 10.3. The van der Waals surface area contributed by atoms with Crippen LogP contribution in [-0.2, 0) is 4.74 Å².